The van der Waals surface area contributed by atoms with Crippen LogP contribution >= 0.6 is 0 Å². The molecule has 8 aromatic rings. The van der Waals surface area contributed by atoms with Crippen molar-refractivity contribution in [2.24, 2.45) is 0 Å². The summed E-state index contributed by atoms with van der Waals surface area (Å²) in [6.45, 7) is 0. The number of benzene rings is 7. The normalized spacial score (nSPS) is 11.4. The third-order valence-corrected chi connectivity index (χ3v) is 8.24. The zero-order chi connectivity index (χ0) is 27.9. The lowest BCUT2D eigenvalue weighted by Gasteiger charge is -2.10. The first-order chi connectivity index (χ1) is 20.8. The van der Waals surface area contributed by atoms with Crippen LogP contribution in [0.15, 0.2) is 162 Å². The van der Waals surface area contributed by atoms with E-state index >= 15 is 0 Å². The van der Waals surface area contributed by atoms with Crippen molar-refractivity contribution in [2.45, 2.75) is 6.42 Å². The Morgan fingerprint density at radius 1 is 0.333 bits per heavy atom. The van der Waals surface area contributed by atoms with E-state index < -0.39 is 0 Å². The van der Waals surface area contributed by atoms with Crippen molar-refractivity contribution in [3.05, 3.63) is 169 Å². The van der Waals surface area contributed by atoms with Crippen LogP contribution in [0.2, 0.25) is 0 Å². The molecule has 1 heterocycles. The third-order valence-electron chi connectivity index (χ3n) is 8.24. The number of rotatable bonds is 5. The molecule has 8 rings (SSSR count). The van der Waals surface area contributed by atoms with Gasteiger partial charge in [0.1, 0.15) is 11.2 Å². The van der Waals surface area contributed by atoms with Gasteiger partial charge in [0.15, 0.2) is 0 Å². The summed E-state index contributed by atoms with van der Waals surface area (Å²) in [6.07, 6.45) is 0.933. The molecule has 0 N–H and O–H groups in total. The monoisotopic (exact) mass is 536 g/mol. The molecule has 0 bridgehead atoms. The van der Waals surface area contributed by atoms with E-state index in [4.69, 9.17) is 4.42 Å². The highest BCUT2D eigenvalue weighted by molar-refractivity contribution is 6.11. The first-order valence-electron chi connectivity index (χ1n) is 14.5. The molecule has 0 aliphatic heterocycles. The summed E-state index contributed by atoms with van der Waals surface area (Å²) >= 11 is 0. The third kappa shape index (κ3) is 4.56. The maximum Gasteiger partial charge on any atom is 0.136 e. The van der Waals surface area contributed by atoms with E-state index in [1.165, 1.54) is 55.3 Å². The minimum Gasteiger partial charge on any atom is -0.456 e. The van der Waals surface area contributed by atoms with E-state index in [0.717, 1.165) is 28.4 Å². The van der Waals surface area contributed by atoms with Crippen LogP contribution in [0, 0.1) is 0 Å². The summed E-state index contributed by atoms with van der Waals surface area (Å²) in [4.78, 5) is 0. The van der Waals surface area contributed by atoms with Gasteiger partial charge in [-0.15, -0.1) is 0 Å². The van der Waals surface area contributed by atoms with Crippen molar-refractivity contribution in [1.29, 1.82) is 0 Å². The molecular weight excluding hydrogens is 508 g/mol. The maximum atomic E-state index is 6.24. The zero-order valence-electron chi connectivity index (χ0n) is 23.1. The number of hydrogen-bond donors (Lipinski definition) is 0. The van der Waals surface area contributed by atoms with Crippen molar-refractivity contribution in [1.82, 2.24) is 0 Å². The van der Waals surface area contributed by atoms with E-state index in [-0.39, 0.29) is 0 Å². The standard InChI is InChI=1S/C41H28O/c1-2-9-28(10-3-1)21-29-11-6-14-30(22-29)31-15-7-16-32(23-31)33-17-8-18-34(24-33)37-19-20-40-38(26-37)39-25-35-12-4-5-13-36(35)27-41(39)42-40/h1-20,22-27H,21H2. The van der Waals surface area contributed by atoms with Gasteiger partial charge in [-0.1, -0.05) is 121 Å². The van der Waals surface area contributed by atoms with Crippen molar-refractivity contribution in [3.8, 4) is 33.4 Å². The van der Waals surface area contributed by atoms with E-state index in [2.05, 4.69) is 158 Å². The van der Waals surface area contributed by atoms with Gasteiger partial charge in [0.05, 0.1) is 0 Å². The summed E-state index contributed by atoms with van der Waals surface area (Å²) in [5, 5.41) is 4.73. The summed E-state index contributed by atoms with van der Waals surface area (Å²) in [5.41, 5.74) is 11.8. The molecule has 0 fully saturated rings. The lowest BCUT2D eigenvalue weighted by molar-refractivity contribution is 0.669. The number of fused-ring (bicyclic) bond motifs is 4. The van der Waals surface area contributed by atoms with E-state index in [1.807, 2.05) is 0 Å². The molecule has 1 aromatic heterocycles. The molecular formula is C41H28O. The smallest absolute Gasteiger partial charge is 0.136 e. The molecule has 0 amide bonds. The van der Waals surface area contributed by atoms with Gasteiger partial charge in [0.25, 0.3) is 0 Å². The van der Waals surface area contributed by atoms with Crippen molar-refractivity contribution in [3.63, 3.8) is 0 Å². The number of furan rings is 1. The average molecular weight is 537 g/mol. The van der Waals surface area contributed by atoms with Gasteiger partial charge in [0.2, 0.25) is 0 Å². The van der Waals surface area contributed by atoms with Crippen LogP contribution in [0.3, 0.4) is 0 Å². The molecule has 0 atom stereocenters. The Morgan fingerprint density at radius 3 is 1.55 bits per heavy atom. The van der Waals surface area contributed by atoms with E-state index in [0.29, 0.717) is 0 Å². The predicted octanol–water partition coefficient (Wildman–Crippen LogP) is 11.3. The molecule has 0 radical (unpaired) electrons. The largest absolute Gasteiger partial charge is 0.456 e. The molecule has 198 valence electrons. The molecule has 42 heavy (non-hydrogen) atoms. The number of hydrogen-bond acceptors (Lipinski definition) is 1. The molecule has 1 heteroatoms. The van der Waals surface area contributed by atoms with Crippen molar-refractivity contribution in [2.75, 3.05) is 0 Å². The van der Waals surface area contributed by atoms with Crippen LogP contribution < -0.4 is 0 Å². The van der Waals surface area contributed by atoms with Crippen LogP contribution in [-0.4, -0.2) is 0 Å². The van der Waals surface area contributed by atoms with Gasteiger partial charge in [0, 0.05) is 10.8 Å². The first-order valence-corrected chi connectivity index (χ1v) is 14.5. The minimum absolute atomic E-state index is 0.919. The lowest BCUT2D eigenvalue weighted by atomic mass is 9.94. The van der Waals surface area contributed by atoms with E-state index in [1.54, 1.807) is 0 Å². The second-order valence-electron chi connectivity index (χ2n) is 11.0. The van der Waals surface area contributed by atoms with Crippen molar-refractivity contribution >= 4 is 32.7 Å². The summed E-state index contributed by atoms with van der Waals surface area (Å²) in [7, 11) is 0. The lowest BCUT2D eigenvalue weighted by Crippen LogP contribution is -1.89. The van der Waals surface area contributed by atoms with Crippen LogP contribution in [-0.2, 0) is 6.42 Å². The fourth-order valence-electron chi connectivity index (χ4n) is 6.09. The second-order valence-corrected chi connectivity index (χ2v) is 11.0. The highest BCUT2D eigenvalue weighted by Gasteiger charge is 2.11. The fourth-order valence-corrected chi connectivity index (χ4v) is 6.09. The predicted molar refractivity (Wildman–Crippen MR) is 177 cm³/mol. The summed E-state index contributed by atoms with van der Waals surface area (Å²) in [5.74, 6) is 0. The average Bonchev–Trinajstić information content (AvgIpc) is 3.41. The fraction of sp³-hybridized carbons (Fsp3) is 0.0244. The van der Waals surface area contributed by atoms with Crippen LogP contribution in [0.4, 0.5) is 0 Å². The molecule has 0 saturated heterocycles. The Labute approximate surface area is 245 Å². The molecule has 1 nitrogen and oxygen atoms in total. The molecule has 0 saturated carbocycles. The molecule has 7 aromatic carbocycles. The molecule has 0 aliphatic carbocycles. The molecule has 0 spiro atoms. The van der Waals surface area contributed by atoms with Gasteiger partial charge >= 0.3 is 0 Å². The summed E-state index contributed by atoms with van der Waals surface area (Å²) in [6, 6.07) is 56.7. The van der Waals surface area contributed by atoms with Gasteiger partial charge in [-0.3, -0.25) is 0 Å². The van der Waals surface area contributed by atoms with Crippen LogP contribution in [0.25, 0.3) is 66.1 Å². The second kappa shape index (κ2) is 10.2. The van der Waals surface area contributed by atoms with Crippen LogP contribution in [0.1, 0.15) is 11.1 Å². The summed E-state index contributed by atoms with van der Waals surface area (Å²) < 4.78 is 6.24. The SMILES string of the molecule is c1ccc(Cc2cccc(-c3cccc(-c4cccc(-c5ccc6oc7cc8ccccc8cc7c6c5)c4)c3)c2)cc1. The van der Waals surface area contributed by atoms with Crippen LogP contribution in [0.5, 0.6) is 0 Å². The topological polar surface area (TPSA) is 13.1 Å². The highest BCUT2D eigenvalue weighted by Crippen LogP contribution is 2.36. The Bertz CT molecular complexity index is 2220. The molecule has 0 unspecified atom stereocenters. The molecule has 0 aliphatic rings. The Morgan fingerprint density at radius 2 is 0.857 bits per heavy atom. The minimum atomic E-state index is 0.919. The first kappa shape index (κ1) is 24.4. The van der Waals surface area contributed by atoms with Gasteiger partial charge < -0.3 is 4.42 Å². The van der Waals surface area contributed by atoms with E-state index in [9.17, 15) is 0 Å². The van der Waals surface area contributed by atoms with Gasteiger partial charge in [-0.25, -0.2) is 0 Å². The Kier molecular flexibility index (Phi) is 5.93. The Hall–Kier alpha value is -5.40. The zero-order valence-corrected chi connectivity index (χ0v) is 23.1. The highest BCUT2D eigenvalue weighted by atomic mass is 16.3. The Balaban J connectivity index is 1.14. The van der Waals surface area contributed by atoms with Gasteiger partial charge in [-0.05, 0) is 98.1 Å². The maximum absolute atomic E-state index is 6.24. The van der Waals surface area contributed by atoms with Crippen molar-refractivity contribution < 1.29 is 4.42 Å². The quantitative estimate of drug-likeness (QED) is 0.213. The van der Waals surface area contributed by atoms with Gasteiger partial charge in [-0.2, -0.15) is 0 Å².